The molecule has 110 valence electrons. The molecule has 1 saturated heterocycles. The van der Waals surface area contributed by atoms with Crippen LogP contribution in [0, 0.1) is 12.3 Å². The van der Waals surface area contributed by atoms with Gasteiger partial charge in [0.15, 0.2) is 0 Å². The molecule has 6 heteroatoms. The third kappa shape index (κ3) is 3.86. The van der Waals surface area contributed by atoms with E-state index in [-0.39, 0.29) is 18.2 Å². The van der Waals surface area contributed by atoms with Crippen molar-refractivity contribution in [3.8, 4) is 12.3 Å². The first-order valence-electron chi connectivity index (χ1n) is 6.53. The van der Waals surface area contributed by atoms with E-state index in [9.17, 15) is 13.2 Å². The minimum Gasteiger partial charge on any atom is -0.342 e. The fourth-order valence-corrected chi connectivity index (χ4v) is 3.61. The van der Waals surface area contributed by atoms with E-state index in [2.05, 4.69) is 11.2 Å². The lowest BCUT2D eigenvalue weighted by molar-refractivity contribution is -0.116. The van der Waals surface area contributed by atoms with E-state index >= 15 is 0 Å². The number of hydrogen-bond donors (Lipinski definition) is 1. The van der Waals surface area contributed by atoms with Gasteiger partial charge in [-0.2, -0.15) is 0 Å². The zero-order chi connectivity index (χ0) is 15.3. The number of nitrogens with one attached hydrogen (secondary N) is 1. The van der Waals surface area contributed by atoms with Crippen LogP contribution in [0.25, 0.3) is 6.08 Å². The predicted octanol–water partition coefficient (Wildman–Crippen LogP) is 0.989. The zero-order valence-corrected chi connectivity index (χ0v) is 12.3. The van der Waals surface area contributed by atoms with Crippen molar-refractivity contribution in [2.75, 3.05) is 23.1 Å². The third-order valence-corrected chi connectivity index (χ3v) is 4.94. The second-order valence-corrected chi connectivity index (χ2v) is 6.60. The number of benzene rings is 1. The minimum atomic E-state index is -3.16. The molecule has 0 unspecified atom stereocenters. The van der Waals surface area contributed by atoms with Crippen molar-refractivity contribution in [1.82, 2.24) is 5.32 Å². The summed E-state index contributed by atoms with van der Waals surface area (Å²) in [5.74, 6) is 2.25. The molecular weight excluding hydrogens is 288 g/mol. The second-order valence-electron chi connectivity index (χ2n) is 4.59. The third-order valence-electron chi connectivity index (χ3n) is 3.07. The molecule has 0 atom stereocenters. The maximum absolute atomic E-state index is 11.8. The lowest BCUT2D eigenvalue weighted by Gasteiger charge is -2.16. The maximum atomic E-state index is 11.8. The minimum absolute atomic E-state index is 0.189. The first-order valence-corrected chi connectivity index (χ1v) is 8.14. The number of hydrogen-bond acceptors (Lipinski definition) is 3. The molecule has 2 rings (SSSR count). The molecule has 1 amide bonds. The molecule has 0 aromatic heterocycles. The molecule has 1 aliphatic heterocycles. The van der Waals surface area contributed by atoms with Gasteiger partial charge in [0, 0.05) is 12.6 Å². The van der Waals surface area contributed by atoms with Gasteiger partial charge >= 0.3 is 0 Å². The summed E-state index contributed by atoms with van der Waals surface area (Å²) >= 11 is 0. The van der Waals surface area contributed by atoms with Crippen LogP contribution < -0.4 is 9.62 Å². The van der Waals surface area contributed by atoms with E-state index in [0.717, 1.165) is 5.56 Å². The molecule has 1 N–H and O–H groups in total. The molecule has 0 saturated carbocycles. The van der Waals surface area contributed by atoms with Gasteiger partial charge in [0.2, 0.25) is 15.9 Å². The average molecular weight is 304 g/mol. The summed E-state index contributed by atoms with van der Waals surface area (Å²) in [6, 6.07) is 7.02. The van der Waals surface area contributed by atoms with Gasteiger partial charge in [-0.05, 0) is 30.2 Å². The number of sulfonamides is 1. The quantitative estimate of drug-likeness (QED) is 0.666. The van der Waals surface area contributed by atoms with Gasteiger partial charge in [-0.1, -0.05) is 18.1 Å². The molecule has 0 radical (unpaired) electrons. The smallest absolute Gasteiger partial charge is 0.244 e. The summed E-state index contributed by atoms with van der Waals surface area (Å²) in [6.45, 7) is 0.709. The topological polar surface area (TPSA) is 66.5 Å². The first-order chi connectivity index (χ1) is 10.0. The summed E-state index contributed by atoms with van der Waals surface area (Å²) in [6.07, 6.45) is 8.73. The highest BCUT2D eigenvalue weighted by atomic mass is 32.2. The lowest BCUT2D eigenvalue weighted by Crippen LogP contribution is -2.24. The fourth-order valence-electron chi connectivity index (χ4n) is 2.05. The van der Waals surface area contributed by atoms with Crippen molar-refractivity contribution in [2.24, 2.45) is 0 Å². The van der Waals surface area contributed by atoms with Gasteiger partial charge < -0.3 is 5.32 Å². The molecule has 0 bridgehead atoms. The van der Waals surface area contributed by atoms with Crippen molar-refractivity contribution in [2.45, 2.75) is 6.42 Å². The molecule has 1 fully saturated rings. The molecule has 1 aromatic carbocycles. The predicted molar refractivity (Wildman–Crippen MR) is 83.1 cm³/mol. The van der Waals surface area contributed by atoms with E-state index in [1.807, 2.05) is 0 Å². The second kappa shape index (κ2) is 6.46. The average Bonchev–Trinajstić information content (AvgIpc) is 2.83. The van der Waals surface area contributed by atoms with Gasteiger partial charge in [-0.25, -0.2) is 8.42 Å². The Labute approximate surface area is 124 Å². The monoisotopic (exact) mass is 304 g/mol. The Balaban J connectivity index is 2.04. The highest BCUT2D eigenvalue weighted by Crippen LogP contribution is 2.24. The Morgan fingerprint density at radius 2 is 2.10 bits per heavy atom. The number of carbonyl (C=O) groups excluding carboxylic acids is 1. The van der Waals surface area contributed by atoms with E-state index < -0.39 is 10.0 Å². The highest BCUT2D eigenvalue weighted by molar-refractivity contribution is 7.93. The van der Waals surface area contributed by atoms with Crippen LogP contribution >= 0.6 is 0 Å². The summed E-state index contributed by atoms with van der Waals surface area (Å²) in [5.41, 5.74) is 1.47. The van der Waals surface area contributed by atoms with Crippen LogP contribution in [-0.2, 0) is 14.8 Å². The van der Waals surface area contributed by atoms with E-state index in [1.54, 1.807) is 30.3 Å². The summed E-state index contributed by atoms with van der Waals surface area (Å²) in [4.78, 5) is 11.4. The van der Waals surface area contributed by atoms with Crippen LogP contribution in [0.1, 0.15) is 12.0 Å². The van der Waals surface area contributed by atoms with Gasteiger partial charge in [0.05, 0.1) is 18.0 Å². The van der Waals surface area contributed by atoms with Crippen LogP contribution in [0.2, 0.25) is 0 Å². The van der Waals surface area contributed by atoms with Crippen LogP contribution in [0.15, 0.2) is 30.3 Å². The first kappa shape index (κ1) is 15.1. The zero-order valence-electron chi connectivity index (χ0n) is 11.5. The lowest BCUT2D eigenvalue weighted by atomic mass is 10.2. The Morgan fingerprint density at radius 1 is 1.38 bits per heavy atom. The van der Waals surface area contributed by atoms with Crippen LogP contribution in [0.4, 0.5) is 5.69 Å². The molecule has 0 aliphatic carbocycles. The van der Waals surface area contributed by atoms with Crippen LogP contribution in [-0.4, -0.2) is 33.2 Å². The number of anilines is 1. The van der Waals surface area contributed by atoms with Gasteiger partial charge in [0.25, 0.3) is 0 Å². The molecule has 1 aromatic rings. The van der Waals surface area contributed by atoms with Crippen molar-refractivity contribution in [3.05, 3.63) is 35.9 Å². The van der Waals surface area contributed by atoms with Gasteiger partial charge in [-0.15, -0.1) is 6.42 Å². The number of rotatable bonds is 4. The van der Waals surface area contributed by atoms with Gasteiger partial charge in [-0.3, -0.25) is 9.10 Å². The van der Waals surface area contributed by atoms with Crippen LogP contribution in [0.5, 0.6) is 0 Å². The van der Waals surface area contributed by atoms with E-state index in [4.69, 9.17) is 6.42 Å². The van der Waals surface area contributed by atoms with Gasteiger partial charge in [0.1, 0.15) is 0 Å². The van der Waals surface area contributed by atoms with E-state index in [1.165, 1.54) is 10.4 Å². The van der Waals surface area contributed by atoms with Crippen molar-refractivity contribution in [3.63, 3.8) is 0 Å². The maximum Gasteiger partial charge on any atom is 0.244 e. The van der Waals surface area contributed by atoms with E-state index in [0.29, 0.717) is 18.7 Å². The number of amides is 1. The summed E-state index contributed by atoms with van der Waals surface area (Å²) in [7, 11) is -3.16. The summed E-state index contributed by atoms with van der Waals surface area (Å²) < 4.78 is 25.0. The van der Waals surface area contributed by atoms with Crippen LogP contribution in [0.3, 0.4) is 0 Å². The molecule has 1 heterocycles. The normalized spacial score (nSPS) is 16.8. The standard InChI is InChI=1S/C15H16N2O3S/c1-2-10-16-15(18)9-6-13-4-7-14(8-5-13)17-11-3-12-21(17,19)20/h1,4-9H,3,10-12H2,(H,16,18)/b9-6+. The summed E-state index contributed by atoms with van der Waals surface area (Å²) in [5, 5.41) is 2.52. The van der Waals surface area contributed by atoms with Crippen molar-refractivity contribution in [1.29, 1.82) is 0 Å². The highest BCUT2D eigenvalue weighted by Gasteiger charge is 2.28. The molecule has 5 nitrogen and oxygen atoms in total. The Bertz CT molecular complexity index is 685. The Morgan fingerprint density at radius 3 is 2.67 bits per heavy atom. The molecule has 0 spiro atoms. The van der Waals surface area contributed by atoms with Crippen molar-refractivity contribution >= 4 is 27.7 Å². The largest absolute Gasteiger partial charge is 0.342 e. The molecule has 21 heavy (non-hydrogen) atoms. The van der Waals surface area contributed by atoms with Crippen molar-refractivity contribution < 1.29 is 13.2 Å². The molecular formula is C15H16N2O3S. The SMILES string of the molecule is C#CCNC(=O)/C=C/c1ccc(N2CCCS2(=O)=O)cc1. The fraction of sp³-hybridized carbons (Fsp3) is 0.267. The number of terminal acetylenes is 1. The Hall–Kier alpha value is -2.26. The Kier molecular flexibility index (Phi) is 4.66. The molecule has 1 aliphatic rings. The number of nitrogens with zero attached hydrogens (tertiary/aromatic N) is 1. The number of carbonyl (C=O) groups is 1.